The summed E-state index contributed by atoms with van der Waals surface area (Å²) in [5, 5.41) is 18.9. The zero-order valence-electron chi connectivity index (χ0n) is 13.4. The lowest BCUT2D eigenvalue weighted by atomic mass is 10.0. The normalized spacial score (nSPS) is 16.2. The Morgan fingerprint density at radius 2 is 1.53 bits per heavy atom. The van der Waals surface area contributed by atoms with E-state index in [-0.39, 0.29) is 12.2 Å². The fourth-order valence-electron chi connectivity index (χ4n) is 2.21. The predicted molar refractivity (Wildman–Crippen MR) is 82.2 cm³/mol. The smallest absolute Gasteiger partial charge is 0.0639 e. The van der Waals surface area contributed by atoms with Gasteiger partial charge in [-0.25, -0.2) is 0 Å². The molecule has 0 spiro atoms. The summed E-state index contributed by atoms with van der Waals surface area (Å²) in [6.45, 7) is 12.4. The minimum absolute atomic E-state index is 0.334. The van der Waals surface area contributed by atoms with Gasteiger partial charge in [0.25, 0.3) is 0 Å². The molecular weight excluding hydrogens is 238 g/mol. The molecule has 0 aromatic heterocycles. The van der Waals surface area contributed by atoms with Crippen LogP contribution in [-0.2, 0) is 0 Å². The highest BCUT2D eigenvalue weighted by Crippen LogP contribution is 2.13. The van der Waals surface area contributed by atoms with E-state index in [4.69, 9.17) is 0 Å². The second-order valence-electron chi connectivity index (χ2n) is 6.21. The molecule has 0 radical (unpaired) electrons. The van der Waals surface area contributed by atoms with E-state index in [2.05, 4.69) is 31.7 Å². The molecule has 19 heavy (non-hydrogen) atoms. The van der Waals surface area contributed by atoms with Crippen molar-refractivity contribution in [1.29, 1.82) is 0 Å². The van der Waals surface area contributed by atoms with E-state index in [0.717, 1.165) is 19.4 Å². The van der Waals surface area contributed by atoms with Gasteiger partial charge in [-0.2, -0.15) is 0 Å². The molecule has 2 N–H and O–H groups in total. The van der Waals surface area contributed by atoms with Crippen molar-refractivity contribution in [3.05, 3.63) is 11.6 Å². The van der Waals surface area contributed by atoms with E-state index in [1.807, 2.05) is 0 Å². The lowest BCUT2D eigenvalue weighted by molar-refractivity contribution is 0.0802. The summed E-state index contributed by atoms with van der Waals surface area (Å²) < 4.78 is 0. The molecule has 0 saturated carbocycles. The lowest BCUT2D eigenvalue weighted by Crippen LogP contribution is -2.37. The largest absolute Gasteiger partial charge is 0.392 e. The first-order valence-corrected chi connectivity index (χ1v) is 7.53. The van der Waals surface area contributed by atoms with Crippen LogP contribution in [0.1, 0.15) is 53.9 Å². The number of hydrogen-bond acceptors (Lipinski definition) is 3. The van der Waals surface area contributed by atoms with Crippen LogP contribution in [0.4, 0.5) is 0 Å². The fraction of sp³-hybridized carbons (Fsp3) is 0.875. The molecule has 114 valence electrons. The Balaban J connectivity index is 3.97. The Labute approximate surface area is 119 Å². The summed E-state index contributed by atoms with van der Waals surface area (Å²) in [4.78, 5) is 2.16. The summed E-state index contributed by atoms with van der Waals surface area (Å²) in [6, 6.07) is 0. The number of aliphatic hydroxyl groups excluding tert-OH is 2. The van der Waals surface area contributed by atoms with Gasteiger partial charge in [-0.15, -0.1) is 0 Å². The van der Waals surface area contributed by atoms with Gasteiger partial charge in [-0.3, -0.25) is 4.90 Å². The maximum atomic E-state index is 9.47. The summed E-state index contributed by atoms with van der Waals surface area (Å²) in [7, 11) is 0. The van der Waals surface area contributed by atoms with Crippen LogP contribution in [0, 0.1) is 5.92 Å². The van der Waals surface area contributed by atoms with Gasteiger partial charge >= 0.3 is 0 Å². The molecule has 0 unspecified atom stereocenters. The molecule has 0 aromatic rings. The highest BCUT2D eigenvalue weighted by molar-refractivity contribution is 4.92. The Hall–Kier alpha value is -0.380. The van der Waals surface area contributed by atoms with E-state index >= 15 is 0 Å². The van der Waals surface area contributed by atoms with Crippen LogP contribution in [0.2, 0.25) is 0 Å². The zero-order valence-corrected chi connectivity index (χ0v) is 13.4. The Kier molecular flexibility index (Phi) is 10.2. The molecule has 0 aliphatic rings. The van der Waals surface area contributed by atoms with Crippen LogP contribution in [-0.4, -0.2) is 47.0 Å². The van der Waals surface area contributed by atoms with Crippen LogP contribution in [0.3, 0.4) is 0 Å². The Bertz CT molecular complexity index is 235. The molecule has 3 nitrogen and oxygen atoms in total. The van der Waals surface area contributed by atoms with Crippen LogP contribution >= 0.6 is 0 Å². The molecule has 0 fully saturated rings. The number of nitrogens with zero attached hydrogens (tertiary/aromatic N) is 1. The molecule has 0 bridgehead atoms. The topological polar surface area (TPSA) is 43.7 Å². The lowest BCUT2D eigenvalue weighted by Gasteiger charge is -2.26. The van der Waals surface area contributed by atoms with E-state index in [9.17, 15) is 10.2 Å². The Morgan fingerprint density at radius 3 is 1.95 bits per heavy atom. The predicted octanol–water partition coefficient (Wildman–Crippen LogP) is 2.82. The van der Waals surface area contributed by atoms with Gasteiger partial charge in [0.1, 0.15) is 0 Å². The van der Waals surface area contributed by atoms with Crippen molar-refractivity contribution in [3.8, 4) is 0 Å². The third kappa shape index (κ3) is 12.4. The molecule has 3 atom stereocenters. The van der Waals surface area contributed by atoms with Gasteiger partial charge in [0.15, 0.2) is 0 Å². The van der Waals surface area contributed by atoms with Crippen LogP contribution in [0.15, 0.2) is 11.6 Å². The molecule has 0 aliphatic heterocycles. The highest BCUT2D eigenvalue weighted by Gasteiger charge is 2.12. The van der Waals surface area contributed by atoms with Crippen molar-refractivity contribution in [2.45, 2.75) is 66.1 Å². The van der Waals surface area contributed by atoms with Crippen LogP contribution in [0.5, 0.6) is 0 Å². The van der Waals surface area contributed by atoms with Crippen molar-refractivity contribution in [2.75, 3.05) is 19.6 Å². The van der Waals surface area contributed by atoms with Crippen molar-refractivity contribution >= 4 is 0 Å². The zero-order chi connectivity index (χ0) is 14.8. The first-order chi connectivity index (χ1) is 8.81. The summed E-state index contributed by atoms with van der Waals surface area (Å²) >= 11 is 0. The van der Waals surface area contributed by atoms with Crippen molar-refractivity contribution in [3.63, 3.8) is 0 Å². The van der Waals surface area contributed by atoms with Gasteiger partial charge < -0.3 is 10.2 Å². The van der Waals surface area contributed by atoms with E-state index in [1.165, 1.54) is 12.0 Å². The number of rotatable bonds is 10. The number of hydrogen-bond donors (Lipinski definition) is 2. The minimum atomic E-state index is -0.334. The molecule has 3 heteroatoms. The first kappa shape index (κ1) is 18.6. The average molecular weight is 271 g/mol. The summed E-state index contributed by atoms with van der Waals surface area (Å²) in [5.74, 6) is 0.682. The SMILES string of the molecule is CC(C)=CCC[C@H](C)CCN(C[C@@H](C)O)C[C@@H](C)O. The van der Waals surface area contributed by atoms with Crippen LogP contribution in [0.25, 0.3) is 0 Å². The quantitative estimate of drug-likeness (QED) is 0.601. The maximum Gasteiger partial charge on any atom is 0.0639 e. The molecule has 0 aromatic carbocycles. The molecule has 0 aliphatic carbocycles. The average Bonchev–Trinajstić information content (AvgIpc) is 2.23. The maximum absolute atomic E-state index is 9.47. The molecule has 0 saturated heterocycles. The third-order valence-corrected chi connectivity index (χ3v) is 3.20. The van der Waals surface area contributed by atoms with Gasteiger partial charge in [0.2, 0.25) is 0 Å². The summed E-state index contributed by atoms with van der Waals surface area (Å²) in [6.07, 6.45) is 5.11. The molecule has 0 amide bonds. The number of allylic oxidation sites excluding steroid dienone is 2. The third-order valence-electron chi connectivity index (χ3n) is 3.20. The fourth-order valence-corrected chi connectivity index (χ4v) is 2.21. The first-order valence-electron chi connectivity index (χ1n) is 7.53. The van der Waals surface area contributed by atoms with Gasteiger partial charge in [0, 0.05) is 13.1 Å². The second-order valence-corrected chi connectivity index (χ2v) is 6.21. The second kappa shape index (κ2) is 10.4. The standard InChI is InChI=1S/C16H33NO2/c1-13(2)7-6-8-14(3)9-10-17(11-15(4)18)12-16(5)19/h7,14-16,18-19H,6,8-12H2,1-5H3/t14-,15+,16+/m0/s1. The van der Waals surface area contributed by atoms with Crippen molar-refractivity contribution in [1.82, 2.24) is 4.90 Å². The monoisotopic (exact) mass is 271 g/mol. The van der Waals surface area contributed by atoms with Gasteiger partial charge in [0.05, 0.1) is 12.2 Å². The minimum Gasteiger partial charge on any atom is -0.392 e. The summed E-state index contributed by atoms with van der Waals surface area (Å²) in [5.41, 5.74) is 1.39. The van der Waals surface area contributed by atoms with Gasteiger partial charge in [-0.05, 0) is 59.4 Å². The number of aliphatic hydroxyl groups is 2. The van der Waals surface area contributed by atoms with Gasteiger partial charge in [-0.1, -0.05) is 18.6 Å². The highest BCUT2D eigenvalue weighted by atomic mass is 16.3. The van der Waals surface area contributed by atoms with Crippen LogP contribution < -0.4 is 0 Å². The van der Waals surface area contributed by atoms with Crippen molar-refractivity contribution < 1.29 is 10.2 Å². The van der Waals surface area contributed by atoms with E-state index < -0.39 is 0 Å². The Morgan fingerprint density at radius 1 is 1.00 bits per heavy atom. The van der Waals surface area contributed by atoms with E-state index in [0.29, 0.717) is 19.0 Å². The van der Waals surface area contributed by atoms with E-state index in [1.54, 1.807) is 13.8 Å². The molecular formula is C16H33NO2. The molecule has 0 rings (SSSR count). The molecule has 0 heterocycles. The van der Waals surface area contributed by atoms with Crippen molar-refractivity contribution in [2.24, 2.45) is 5.92 Å².